The SMILES string of the molecule is CC(NC(=O)c1cc(Cl)nc(C(C)(C)C)c1)c1nn[nH]n1. The zero-order valence-corrected chi connectivity index (χ0v) is 13.1. The molecule has 0 radical (unpaired) electrons. The van der Waals surface area contributed by atoms with E-state index in [1.807, 2.05) is 20.8 Å². The third kappa shape index (κ3) is 3.75. The molecule has 0 aliphatic heterocycles. The number of nitrogens with zero attached hydrogens (tertiary/aromatic N) is 4. The molecule has 2 aromatic rings. The van der Waals surface area contributed by atoms with Crippen LogP contribution in [0.3, 0.4) is 0 Å². The van der Waals surface area contributed by atoms with Gasteiger partial charge in [0.1, 0.15) is 5.15 Å². The van der Waals surface area contributed by atoms with E-state index in [4.69, 9.17) is 11.6 Å². The number of carbonyl (C=O) groups is 1. The number of hydrogen-bond acceptors (Lipinski definition) is 5. The number of H-pyrrole nitrogens is 1. The number of nitrogens with one attached hydrogen (secondary N) is 2. The van der Waals surface area contributed by atoms with Gasteiger partial charge in [0.05, 0.1) is 6.04 Å². The van der Waals surface area contributed by atoms with Crippen LogP contribution in [0.4, 0.5) is 0 Å². The van der Waals surface area contributed by atoms with E-state index in [9.17, 15) is 4.79 Å². The maximum absolute atomic E-state index is 12.3. The fourth-order valence-corrected chi connectivity index (χ4v) is 1.92. The molecule has 0 saturated carbocycles. The number of pyridine rings is 1. The van der Waals surface area contributed by atoms with Crippen LogP contribution < -0.4 is 5.32 Å². The average molecular weight is 309 g/mol. The molecule has 112 valence electrons. The maximum Gasteiger partial charge on any atom is 0.252 e. The molecule has 0 saturated heterocycles. The Kier molecular flexibility index (Phi) is 4.22. The van der Waals surface area contributed by atoms with Gasteiger partial charge in [0.2, 0.25) is 0 Å². The van der Waals surface area contributed by atoms with Crippen LogP contribution in [-0.4, -0.2) is 31.5 Å². The molecule has 1 unspecified atom stereocenters. The second-order valence-corrected chi connectivity index (χ2v) is 6.17. The van der Waals surface area contributed by atoms with Crippen LogP contribution >= 0.6 is 11.6 Å². The quantitative estimate of drug-likeness (QED) is 0.846. The Labute approximate surface area is 127 Å². The lowest BCUT2D eigenvalue weighted by Gasteiger charge is -2.19. The van der Waals surface area contributed by atoms with Crippen molar-refractivity contribution in [2.75, 3.05) is 0 Å². The third-order valence-corrected chi connectivity index (χ3v) is 3.11. The molecule has 0 aliphatic carbocycles. The molecule has 2 heterocycles. The molecule has 0 fully saturated rings. The van der Waals surface area contributed by atoms with Crippen molar-refractivity contribution >= 4 is 17.5 Å². The fraction of sp³-hybridized carbons (Fsp3) is 0.462. The molecule has 7 nitrogen and oxygen atoms in total. The number of hydrogen-bond donors (Lipinski definition) is 2. The minimum Gasteiger partial charge on any atom is -0.342 e. The number of carbonyl (C=O) groups excluding carboxylic acids is 1. The summed E-state index contributed by atoms with van der Waals surface area (Å²) in [5, 5.41) is 16.6. The van der Waals surface area contributed by atoms with Crippen molar-refractivity contribution in [1.29, 1.82) is 0 Å². The van der Waals surface area contributed by atoms with Gasteiger partial charge in [-0.05, 0) is 19.1 Å². The van der Waals surface area contributed by atoms with E-state index >= 15 is 0 Å². The van der Waals surface area contributed by atoms with E-state index < -0.39 is 0 Å². The molecule has 0 aliphatic rings. The summed E-state index contributed by atoms with van der Waals surface area (Å²) in [5.41, 5.74) is 1.02. The molecule has 1 amide bonds. The minimum atomic E-state index is -0.360. The molecule has 0 bridgehead atoms. The van der Waals surface area contributed by atoms with Gasteiger partial charge < -0.3 is 5.32 Å². The van der Waals surface area contributed by atoms with Crippen LogP contribution in [0.1, 0.15) is 55.6 Å². The van der Waals surface area contributed by atoms with Crippen molar-refractivity contribution in [2.24, 2.45) is 0 Å². The number of amides is 1. The van der Waals surface area contributed by atoms with Crippen molar-refractivity contribution in [3.8, 4) is 0 Å². The third-order valence-electron chi connectivity index (χ3n) is 2.92. The highest BCUT2D eigenvalue weighted by molar-refractivity contribution is 6.29. The van der Waals surface area contributed by atoms with E-state index in [2.05, 4.69) is 30.9 Å². The van der Waals surface area contributed by atoms with Crippen LogP contribution in [0.25, 0.3) is 0 Å². The highest BCUT2D eigenvalue weighted by Crippen LogP contribution is 2.23. The molecule has 1 atom stereocenters. The van der Waals surface area contributed by atoms with Gasteiger partial charge in [0.25, 0.3) is 5.91 Å². The lowest BCUT2D eigenvalue weighted by molar-refractivity contribution is 0.0938. The Morgan fingerprint density at radius 1 is 1.38 bits per heavy atom. The smallest absolute Gasteiger partial charge is 0.252 e. The van der Waals surface area contributed by atoms with Gasteiger partial charge in [0, 0.05) is 16.7 Å². The van der Waals surface area contributed by atoms with E-state index in [1.165, 1.54) is 6.07 Å². The monoisotopic (exact) mass is 308 g/mol. The standard InChI is InChI=1S/C13H17ClN6O/c1-7(11-17-19-20-18-11)15-12(21)8-5-9(13(2,3)4)16-10(14)6-8/h5-7H,1-4H3,(H,15,21)(H,17,18,19,20). The zero-order valence-electron chi connectivity index (χ0n) is 12.3. The van der Waals surface area contributed by atoms with E-state index in [1.54, 1.807) is 13.0 Å². The Morgan fingerprint density at radius 3 is 2.67 bits per heavy atom. The molecule has 2 N–H and O–H groups in total. The van der Waals surface area contributed by atoms with Gasteiger partial charge in [-0.3, -0.25) is 4.79 Å². The molecular formula is C13H17ClN6O. The first-order valence-electron chi connectivity index (χ1n) is 6.49. The predicted molar refractivity (Wildman–Crippen MR) is 78.0 cm³/mol. The lowest BCUT2D eigenvalue weighted by atomic mass is 9.91. The fourth-order valence-electron chi connectivity index (χ4n) is 1.71. The first kappa shape index (κ1) is 15.4. The van der Waals surface area contributed by atoms with E-state index in [-0.39, 0.29) is 17.4 Å². The van der Waals surface area contributed by atoms with Gasteiger partial charge in [-0.25, -0.2) is 4.98 Å². The first-order chi connectivity index (χ1) is 9.77. The van der Waals surface area contributed by atoms with Crippen LogP contribution in [0.15, 0.2) is 12.1 Å². The van der Waals surface area contributed by atoms with Gasteiger partial charge in [0.15, 0.2) is 5.82 Å². The van der Waals surface area contributed by atoms with Crippen LogP contribution in [0, 0.1) is 0 Å². The number of aromatic amines is 1. The largest absolute Gasteiger partial charge is 0.342 e. The van der Waals surface area contributed by atoms with Crippen molar-refractivity contribution in [1.82, 2.24) is 30.9 Å². The van der Waals surface area contributed by atoms with Crippen LogP contribution in [0.2, 0.25) is 5.15 Å². The van der Waals surface area contributed by atoms with Gasteiger partial charge in [-0.1, -0.05) is 37.6 Å². The van der Waals surface area contributed by atoms with Crippen molar-refractivity contribution in [3.63, 3.8) is 0 Å². The molecule has 21 heavy (non-hydrogen) atoms. The zero-order chi connectivity index (χ0) is 15.6. The first-order valence-corrected chi connectivity index (χ1v) is 6.87. The second kappa shape index (κ2) is 5.77. The summed E-state index contributed by atoms with van der Waals surface area (Å²) in [5.74, 6) is 0.154. The van der Waals surface area contributed by atoms with Gasteiger partial charge >= 0.3 is 0 Å². The summed E-state index contributed by atoms with van der Waals surface area (Å²) in [6.45, 7) is 7.80. The highest BCUT2D eigenvalue weighted by Gasteiger charge is 2.20. The molecule has 8 heteroatoms. The topological polar surface area (TPSA) is 96.5 Å². The van der Waals surface area contributed by atoms with Crippen molar-refractivity contribution in [2.45, 2.75) is 39.2 Å². The second-order valence-electron chi connectivity index (χ2n) is 5.78. The number of rotatable bonds is 3. The minimum absolute atomic E-state index is 0.195. The van der Waals surface area contributed by atoms with Gasteiger partial charge in [-0.15, -0.1) is 10.2 Å². The number of halogens is 1. The molecular weight excluding hydrogens is 292 g/mol. The Bertz CT molecular complexity index is 635. The van der Waals surface area contributed by atoms with Crippen molar-refractivity contribution in [3.05, 3.63) is 34.4 Å². The summed E-state index contributed by atoms with van der Waals surface area (Å²) in [7, 11) is 0. The summed E-state index contributed by atoms with van der Waals surface area (Å²) in [6.07, 6.45) is 0. The summed E-state index contributed by atoms with van der Waals surface area (Å²) < 4.78 is 0. The van der Waals surface area contributed by atoms with Crippen LogP contribution in [-0.2, 0) is 5.41 Å². The summed E-state index contributed by atoms with van der Waals surface area (Å²) in [4.78, 5) is 16.6. The normalized spacial score (nSPS) is 13.0. The van der Waals surface area contributed by atoms with E-state index in [0.717, 1.165) is 5.69 Å². The lowest BCUT2D eigenvalue weighted by Crippen LogP contribution is -2.28. The maximum atomic E-state index is 12.3. The molecule has 0 spiro atoms. The Hall–Kier alpha value is -2.02. The Morgan fingerprint density at radius 2 is 2.10 bits per heavy atom. The van der Waals surface area contributed by atoms with E-state index in [0.29, 0.717) is 16.5 Å². The van der Waals surface area contributed by atoms with Crippen LogP contribution in [0.5, 0.6) is 0 Å². The van der Waals surface area contributed by atoms with Crippen molar-refractivity contribution < 1.29 is 4.79 Å². The predicted octanol–water partition coefficient (Wildman–Crippen LogP) is 2.04. The number of tetrazole rings is 1. The summed E-state index contributed by atoms with van der Waals surface area (Å²) in [6, 6.07) is 2.92. The number of aromatic nitrogens is 5. The summed E-state index contributed by atoms with van der Waals surface area (Å²) >= 11 is 6.01. The average Bonchev–Trinajstić information content (AvgIpc) is 2.90. The molecule has 2 rings (SSSR count). The molecule has 0 aromatic carbocycles. The Balaban J connectivity index is 2.21. The van der Waals surface area contributed by atoms with Gasteiger partial charge in [-0.2, -0.15) is 5.21 Å². The molecule has 2 aromatic heterocycles. The highest BCUT2D eigenvalue weighted by atomic mass is 35.5.